The van der Waals surface area contributed by atoms with Crippen LogP contribution in [0.4, 0.5) is 10.1 Å². The third-order valence-corrected chi connectivity index (χ3v) is 4.50. The number of thiocarbonyl (C=S) groups is 1. The third kappa shape index (κ3) is 5.77. The molecule has 0 amide bonds. The number of halogens is 2. The molecule has 0 unspecified atom stereocenters. The minimum atomic E-state index is -0.246. The predicted molar refractivity (Wildman–Crippen MR) is 109 cm³/mol. The molecule has 0 radical (unpaired) electrons. The molecule has 0 aliphatic carbocycles. The number of hydrogen-bond acceptors (Lipinski definition) is 3. The average molecular weight is 407 g/mol. The highest BCUT2D eigenvalue weighted by Gasteiger charge is 2.04. The molecule has 0 spiro atoms. The molecule has 0 saturated carbocycles. The zero-order valence-corrected chi connectivity index (χ0v) is 16.4. The van der Waals surface area contributed by atoms with Crippen LogP contribution in [0.15, 0.2) is 42.9 Å². The van der Waals surface area contributed by atoms with Crippen LogP contribution in [0, 0.1) is 12.7 Å². The van der Waals surface area contributed by atoms with Gasteiger partial charge in [-0.15, -0.1) is 0 Å². The van der Waals surface area contributed by atoms with Crippen LogP contribution < -0.4 is 10.6 Å². The van der Waals surface area contributed by atoms with Gasteiger partial charge in [0, 0.05) is 25.5 Å². The molecule has 0 atom stereocenters. The molecule has 0 aliphatic heterocycles. The number of nitrogens with one attached hydrogen (secondary N) is 2. The normalized spacial score (nSPS) is 10.8. The van der Waals surface area contributed by atoms with Gasteiger partial charge in [-0.05, 0) is 43.3 Å². The van der Waals surface area contributed by atoms with Crippen molar-refractivity contribution in [1.29, 1.82) is 0 Å². The molecule has 6 nitrogen and oxygen atoms in total. The molecule has 0 saturated heterocycles. The molecule has 3 aromatic rings. The van der Waals surface area contributed by atoms with Crippen molar-refractivity contribution in [3.63, 3.8) is 0 Å². The lowest BCUT2D eigenvalue weighted by Crippen LogP contribution is -2.29. The second-order valence-corrected chi connectivity index (χ2v) is 6.93. The zero-order chi connectivity index (χ0) is 19.2. The summed E-state index contributed by atoms with van der Waals surface area (Å²) in [6.07, 6.45) is 6.24. The van der Waals surface area contributed by atoms with Crippen molar-refractivity contribution >= 4 is 34.6 Å². The number of benzene rings is 1. The van der Waals surface area contributed by atoms with E-state index in [1.165, 1.54) is 12.1 Å². The molecule has 1 aromatic carbocycles. The lowest BCUT2D eigenvalue weighted by atomic mass is 10.2. The standard InChI is InChI=1S/C18H20ClFN6S/c1-13-17(19)12-25(24-13)8-2-7-21-18(27)23-16-9-22-26(11-16)10-14-3-5-15(20)6-4-14/h3-6,9,11-12H,2,7-8,10H2,1H3,(H2,21,23,27). The molecular formula is C18H20ClFN6S. The van der Waals surface area contributed by atoms with Crippen LogP contribution in [-0.4, -0.2) is 31.2 Å². The number of nitrogens with zero attached hydrogens (tertiary/aromatic N) is 4. The van der Waals surface area contributed by atoms with Crippen LogP contribution in [0.2, 0.25) is 5.02 Å². The maximum absolute atomic E-state index is 13.0. The van der Waals surface area contributed by atoms with Gasteiger partial charge in [0.2, 0.25) is 0 Å². The van der Waals surface area contributed by atoms with Crippen LogP contribution in [0.25, 0.3) is 0 Å². The molecule has 3 rings (SSSR count). The molecule has 2 aromatic heterocycles. The maximum atomic E-state index is 13.0. The van der Waals surface area contributed by atoms with Crippen LogP contribution in [0.5, 0.6) is 0 Å². The Bertz CT molecular complexity index is 885. The Morgan fingerprint density at radius 3 is 2.70 bits per heavy atom. The Balaban J connectivity index is 1.40. The minimum absolute atomic E-state index is 0.246. The number of aromatic nitrogens is 4. The van der Waals surface area contributed by atoms with Crippen LogP contribution >= 0.6 is 23.8 Å². The summed E-state index contributed by atoms with van der Waals surface area (Å²) in [5.41, 5.74) is 2.60. The number of rotatable bonds is 7. The summed E-state index contributed by atoms with van der Waals surface area (Å²) in [5, 5.41) is 16.1. The van der Waals surface area contributed by atoms with Gasteiger partial charge in [-0.1, -0.05) is 23.7 Å². The van der Waals surface area contributed by atoms with Gasteiger partial charge >= 0.3 is 0 Å². The molecule has 2 N–H and O–H groups in total. The van der Waals surface area contributed by atoms with E-state index in [0.717, 1.165) is 29.9 Å². The Morgan fingerprint density at radius 2 is 2.00 bits per heavy atom. The van der Waals surface area contributed by atoms with Gasteiger partial charge in [0.25, 0.3) is 0 Å². The van der Waals surface area contributed by atoms with Crippen molar-refractivity contribution in [2.24, 2.45) is 0 Å². The lowest BCUT2D eigenvalue weighted by Gasteiger charge is -2.09. The van der Waals surface area contributed by atoms with E-state index in [1.54, 1.807) is 23.0 Å². The first-order valence-corrected chi connectivity index (χ1v) is 9.29. The second kappa shape index (κ2) is 8.96. The first-order chi connectivity index (χ1) is 13.0. The smallest absolute Gasteiger partial charge is 0.170 e. The Hall–Kier alpha value is -2.45. The van der Waals surface area contributed by atoms with Gasteiger partial charge in [-0.25, -0.2) is 4.39 Å². The van der Waals surface area contributed by atoms with E-state index >= 15 is 0 Å². The number of hydrogen-bond donors (Lipinski definition) is 2. The van der Waals surface area contributed by atoms with Gasteiger partial charge in [-0.3, -0.25) is 9.36 Å². The highest BCUT2D eigenvalue weighted by Crippen LogP contribution is 2.12. The van der Waals surface area contributed by atoms with Crippen molar-refractivity contribution in [1.82, 2.24) is 24.9 Å². The van der Waals surface area contributed by atoms with E-state index in [-0.39, 0.29) is 5.82 Å². The summed E-state index contributed by atoms with van der Waals surface area (Å²) >= 11 is 11.3. The molecule has 0 fully saturated rings. The molecule has 2 heterocycles. The van der Waals surface area contributed by atoms with Gasteiger partial charge in [-0.2, -0.15) is 10.2 Å². The quantitative estimate of drug-likeness (QED) is 0.463. The number of aryl methyl sites for hydroxylation is 2. The van der Waals surface area contributed by atoms with Gasteiger partial charge in [0.1, 0.15) is 5.82 Å². The largest absolute Gasteiger partial charge is 0.362 e. The van der Waals surface area contributed by atoms with Crippen LogP contribution in [-0.2, 0) is 13.1 Å². The number of anilines is 1. The fourth-order valence-electron chi connectivity index (χ4n) is 2.52. The summed E-state index contributed by atoms with van der Waals surface area (Å²) < 4.78 is 16.5. The molecule has 0 aliphatic rings. The van der Waals surface area contributed by atoms with E-state index < -0.39 is 0 Å². The van der Waals surface area contributed by atoms with Crippen molar-refractivity contribution in [2.45, 2.75) is 26.4 Å². The van der Waals surface area contributed by atoms with Crippen LogP contribution in [0.3, 0.4) is 0 Å². The minimum Gasteiger partial charge on any atom is -0.362 e. The Labute approximate surface area is 167 Å². The Morgan fingerprint density at radius 1 is 1.22 bits per heavy atom. The van der Waals surface area contributed by atoms with Gasteiger partial charge < -0.3 is 10.6 Å². The van der Waals surface area contributed by atoms with Crippen molar-refractivity contribution in [3.8, 4) is 0 Å². The summed E-state index contributed by atoms with van der Waals surface area (Å²) in [6, 6.07) is 6.36. The molecule has 27 heavy (non-hydrogen) atoms. The fraction of sp³-hybridized carbons (Fsp3) is 0.278. The first-order valence-electron chi connectivity index (χ1n) is 8.51. The van der Waals surface area contributed by atoms with Gasteiger partial charge in [0.15, 0.2) is 5.11 Å². The van der Waals surface area contributed by atoms with E-state index in [2.05, 4.69) is 20.8 Å². The summed E-state index contributed by atoms with van der Waals surface area (Å²) in [4.78, 5) is 0. The van der Waals surface area contributed by atoms with Crippen LogP contribution in [0.1, 0.15) is 17.7 Å². The molecular weight excluding hydrogens is 387 g/mol. The SMILES string of the molecule is Cc1nn(CCCNC(=S)Nc2cnn(Cc3ccc(F)cc3)c2)cc1Cl. The first kappa shape index (κ1) is 19.3. The van der Waals surface area contributed by atoms with E-state index in [9.17, 15) is 4.39 Å². The third-order valence-electron chi connectivity index (χ3n) is 3.88. The van der Waals surface area contributed by atoms with Crippen molar-refractivity contribution in [2.75, 3.05) is 11.9 Å². The average Bonchev–Trinajstić information content (AvgIpc) is 3.20. The second-order valence-electron chi connectivity index (χ2n) is 6.11. The highest BCUT2D eigenvalue weighted by atomic mass is 35.5. The predicted octanol–water partition coefficient (Wildman–Crippen LogP) is 3.61. The maximum Gasteiger partial charge on any atom is 0.170 e. The zero-order valence-electron chi connectivity index (χ0n) is 14.8. The van der Waals surface area contributed by atoms with Crippen molar-refractivity contribution < 1.29 is 4.39 Å². The van der Waals surface area contributed by atoms with E-state index in [0.29, 0.717) is 23.2 Å². The van der Waals surface area contributed by atoms with E-state index in [1.807, 2.05) is 24.0 Å². The Kier molecular flexibility index (Phi) is 6.41. The fourth-order valence-corrected chi connectivity index (χ4v) is 2.89. The monoisotopic (exact) mass is 406 g/mol. The molecule has 0 bridgehead atoms. The summed E-state index contributed by atoms with van der Waals surface area (Å²) in [7, 11) is 0. The molecule has 9 heteroatoms. The summed E-state index contributed by atoms with van der Waals surface area (Å²) in [6.45, 7) is 3.92. The van der Waals surface area contributed by atoms with Gasteiger partial charge in [0.05, 0.1) is 29.1 Å². The highest BCUT2D eigenvalue weighted by molar-refractivity contribution is 7.80. The van der Waals surface area contributed by atoms with E-state index in [4.69, 9.17) is 23.8 Å². The van der Waals surface area contributed by atoms with Crippen molar-refractivity contribution in [3.05, 3.63) is 65.0 Å². The summed E-state index contributed by atoms with van der Waals surface area (Å²) in [5.74, 6) is -0.246. The topological polar surface area (TPSA) is 59.7 Å². The molecule has 142 valence electrons. The lowest BCUT2D eigenvalue weighted by molar-refractivity contribution is 0.570.